The van der Waals surface area contributed by atoms with E-state index in [0.717, 1.165) is 34.0 Å². The van der Waals surface area contributed by atoms with Crippen LogP contribution in [0.5, 0.6) is 0 Å². The van der Waals surface area contributed by atoms with Gasteiger partial charge in [-0.25, -0.2) is 0 Å². The third-order valence-electron chi connectivity index (χ3n) is 4.32. The molecule has 1 aromatic heterocycles. The van der Waals surface area contributed by atoms with E-state index in [-0.39, 0.29) is 11.5 Å². The van der Waals surface area contributed by atoms with E-state index in [1.54, 1.807) is 0 Å². The average Bonchev–Trinajstić information content (AvgIpc) is 2.56. The van der Waals surface area contributed by atoms with Gasteiger partial charge in [0, 0.05) is 29.6 Å². The summed E-state index contributed by atoms with van der Waals surface area (Å²) < 4.78 is 0. The Morgan fingerprint density at radius 1 is 1.00 bits per heavy atom. The van der Waals surface area contributed by atoms with Crippen molar-refractivity contribution in [1.82, 2.24) is 10.3 Å². The molecule has 0 radical (unpaired) electrons. The highest BCUT2D eigenvalue weighted by Gasteiger charge is 2.17. The van der Waals surface area contributed by atoms with Crippen LogP contribution in [0.25, 0.3) is 10.9 Å². The number of H-pyrrole nitrogens is 1. The summed E-state index contributed by atoms with van der Waals surface area (Å²) in [4.78, 5) is 27.1. The molecule has 0 saturated carbocycles. The lowest BCUT2D eigenvalue weighted by molar-refractivity contribution is 0.0946. The highest BCUT2D eigenvalue weighted by Crippen LogP contribution is 2.18. The van der Waals surface area contributed by atoms with Crippen LogP contribution in [0.4, 0.5) is 0 Å². The first-order valence-electron chi connectivity index (χ1n) is 7.72. The summed E-state index contributed by atoms with van der Waals surface area (Å²) in [7, 11) is 0. The number of para-hydroxylation sites is 1. The van der Waals surface area contributed by atoms with E-state index < -0.39 is 0 Å². The number of hydrogen-bond acceptors (Lipinski definition) is 2. The minimum absolute atomic E-state index is 0.0273. The molecule has 0 atom stereocenters. The van der Waals surface area contributed by atoms with E-state index in [4.69, 9.17) is 0 Å². The molecule has 0 spiro atoms. The number of benzene rings is 2. The highest BCUT2D eigenvalue weighted by molar-refractivity contribution is 5.96. The van der Waals surface area contributed by atoms with Gasteiger partial charge in [0.05, 0.1) is 0 Å². The van der Waals surface area contributed by atoms with Gasteiger partial charge in [-0.05, 0) is 41.1 Å². The Bertz CT molecular complexity index is 973. The van der Waals surface area contributed by atoms with Crippen LogP contribution in [-0.4, -0.2) is 17.4 Å². The lowest BCUT2D eigenvalue weighted by atomic mass is 9.95. The summed E-state index contributed by atoms with van der Waals surface area (Å²) in [5.41, 5.74) is 4.24. The van der Waals surface area contributed by atoms with Gasteiger partial charge in [-0.3, -0.25) is 9.59 Å². The predicted octanol–water partition coefficient (Wildman–Crippen LogP) is 2.40. The van der Waals surface area contributed by atoms with Crippen molar-refractivity contribution in [3.8, 4) is 0 Å². The van der Waals surface area contributed by atoms with Crippen molar-refractivity contribution in [1.29, 1.82) is 0 Å². The maximum absolute atomic E-state index is 12.3. The Balaban J connectivity index is 1.73. The molecule has 1 aliphatic heterocycles. The van der Waals surface area contributed by atoms with Crippen LogP contribution in [0.1, 0.15) is 27.0 Å². The SMILES string of the molecule is O=C1NCCc2ccc(Cc3cc4ccccc4[nH]c3=O)cc21. The molecule has 0 saturated heterocycles. The van der Waals surface area contributed by atoms with Gasteiger partial charge in [-0.15, -0.1) is 0 Å². The third kappa shape index (κ3) is 2.52. The second-order valence-electron chi connectivity index (χ2n) is 5.89. The van der Waals surface area contributed by atoms with Crippen LogP contribution in [0, 0.1) is 0 Å². The van der Waals surface area contributed by atoms with Gasteiger partial charge >= 0.3 is 0 Å². The van der Waals surface area contributed by atoms with Crippen molar-refractivity contribution in [2.24, 2.45) is 0 Å². The molecule has 23 heavy (non-hydrogen) atoms. The lowest BCUT2D eigenvalue weighted by Gasteiger charge is -2.17. The molecule has 2 heterocycles. The quantitative estimate of drug-likeness (QED) is 0.763. The molecule has 2 N–H and O–H groups in total. The Morgan fingerprint density at radius 3 is 2.78 bits per heavy atom. The molecule has 2 aromatic carbocycles. The summed E-state index contributed by atoms with van der Waals surface area (Å²) >= 11 is 0. The van der Waals surface area contributed by atoms with Crippen molar-refractivity contribution in [2.45, 2.75) is 12.8 Å². The van der Waals surface area contributed by atoms with E-state index in [1.807, 2.05) is 48.5 Å². The number of carbonyl (C=O) groups is 1. The fourth-order valence-corrected chi connectivity index (χ4v) is 3.11. The largest absolute Gasteiger partial charge is 0.352 e. The van der Waals surface area contributed by atoms with Crippen molar-refractivity contribution >= 4 is 16.8 Å². The van der Waals surface area contributed by atoms with Gasteiger partial charge in [-0.2, -0.15) is 0 Å². The summed E-state index contributed by atoms with van der Waals surface area (Å²) in [6.07, 6.45) is 1.37. The minimum Gasteiger partial charge on any atom is -0.352 e. The number of hydrogen-bond donors (Lipinski definition) is 2. The van der Waals surface area contributed by atoms with Crippen LogP contribution < -0.4 is 10.9 Å². The number of carbonyl (C=O) groups excluding carboxylic acids is 1. The van der Waals surface area contributed by atoms with Gasteiger partial charge in [0.2, 0.25) is 0 Å². The number of rotatable bonds is 2. The molecule has 114 valence electrons. The van der Waals surface area contributed by atoms with Crippen LogP contribution in [0.15, 0.2) is 53.3 Å². The molecule has 4 nitrogen and oxygen atoms in total. The van der Waals surface area contributed by atoms with Gasteiger partial charge in [0.1, 0.15) is 0 Å². The highest BCUT2D eigenvalue weighted by atomic mass is 16.1. The van der Waals surface area contributed by atoms with Gasteiger partial charge in [0.15, 0.2) is 0 Å². The van der Waals surface area contributed by atoms with E-state index in [0.29, 0.717) is 18.5 Å². The van der Waals surface area contributed by atoms with Crippen LogP contribution in [0.3, 0.4) is 0 Å². The van der Waals surface area contributed by atoms with Crippen molar-refractivity contribution in [3.05, 3.63) is 81.1 Å². The van der Waals surface area contributed by atoms with Gasteiger partial charge < -0.3 is 10.3 Å². The molecule has 4 heteroatoms. The Morgan fingerprint density at radius 2 is 1.87 bits per heavy atom. The fourth-order valence-electron chi connectivity index (χ4n) is 3.11. The van der Waals surface area contributed by atoms with E-state index >= 15 is 0 Å². The summed E-state index contributed by atoms with van der Waals surface area (Å²) in [5.74, 6) is -0.0273. The molecule has 1 aliphatic rings. The predicted molar refractivity (Wildman–Crippen MR) is 89.9 cm³/mol. The molecule has 1 amide bonds. The number of aromatic amines is 1. The summed E-state index contributed by atoms with van der Waals surface area (Å²) in [5, 5.41) is 3.87. The Labute approximate surface area is 133 Å². The van der Waals surface area contributed by atoms with E-state index in [9.17, 15) is 9.59 Å². The molecule has 0 unspecified atom stereocenters. The second-order valence-corrected chi connectivity index (χ2v) is 5.89. The zero-order valence-electron chi connectivity index (χ0n) is 12.6. The third-order valence-corrected chi connectivity index (χ3v) is 4.32. The van der Waals surface area contributed by atoms with Gasteiger partial charge in [0.25, 0.3) is 11.5 Å². The summed E-state index contributed by atoms with van der Waals surface area (Å²) in [6, 6.07) is 15.6. The molecule has 4 rings (SSSR count). The molecule has 0 bridgehead atoms. The normalized spacial score (nSPS) is 13.7. The number of amides is 1. The number of pyridine rings is 1. The second kappa shape index (κ2) is 5.39. The van der Waals surface area contributed by atoms with Crippen LogP contribution in [-0.2, 0) is 12.8 Å². The Kier molecular flexibility index (Phi) is 3.23. The smallest absolute Gasteiger partial charge is 0.251 e. The topological polar surface area (TPSA) is 62.0 Å². The van der Waals surface area contributed by atoms with E-state index in [2.05, 4.69) is 10.3 Å². The molecule has 0 fully saturated rings. The first-order valence-corrected chi connectivity index (χ1v) is 7.72. The molecular formula is C19H16N2O2. The number of aromatic nitrogens is 1. The first kappa shape index (κ1) is 13.8. The standard InChI is InChI=1S/C19H16N2O2/c22-18-15(11-14-3-1-2-4-17(14)21-18)9-12-5-6-13-7-8-20-19(23)16(13)10-12/h1-6,10-11H,7-9H2,(H,20,23)(H,21,22). The van der Waals surface area contributed by atoms with E-state index in [1.165, 1.54) is 0 Å². The van der Waals surface area contributed by atoms with Crippen molar-refractivity contribution in [2.75, 3.05) is 6.54 Å². The lowest BCUT2D eigenvalue weighted by Crippen LogP contribution is -2.31. The van der Waals surface area contributed by atoms with Crippen LogP contribution in [0.2, 0.25) is 0 Å². The van der Waals surface area contributed by atoms with Gasteiger partial charge in [-0.1, -0.05) is 30.3 Å². The first-order chi connectivity index (χ1) is 11.2. The molecular weight excluding hydrogens is 288 g/mol. The Hall–Kier alpha value is -2.88. The fraction of sp³-hybridized carbons (Fsp3) is 0.158. The minimum atomic E-state index is -0.0779. The maximum Gasteiger partial charge on any atom is 0.251 e. The van der Waals surface area contributed by atoms with Crippen molar-refractivity contribution < 1.29 is 4.79 Å². The number of fused-ring (bicyclic) bond motifs is 2. The zero-order valence-corrected chi connectivity index (χ0v) is 12.6. The van der Waals surface area contributed by atoms with Crippen molar-refractivity contribution in [3.63, 3.8) is 0 Å². The molecule has 3 aromatic rings. The monoisotopic (exact) mass is 304 g/mol. The number of nitrogens with one attached hydrogen (secondary N) is 2. The average molecular weight is 304 g/mol. The van der Waals surface area contributed by atoms with Crippen LogP contribution >= 0.6 is 0 Å². The summed E-state index contributed by atoms with van der Waals surface area (Å²) in [6.45, 7) is 0.690. The maximum atomic E-state index is 12.3. The molecule has 0 aliphatic carbocycles. The zero-order chi connectivity index (χ0) is 15.8.